The summed E-state index contributed by atoms with van der Waals surface area (Å²) in [6.07, 6.45) is 8.92. The Labute approximate surface area is 72.6 Å². The molecule has 11 heavy (non-hydrogen) atoms. The van der Waals surface area contributed by atoms with Gasteiger partial charge in [0.25, 0.3) is 0 Å². The van der Waals surface area contributed by atoms with Gasteiger partial charge in [0.15, 0.2) is 0 Å². The van der Waals surface area contributed by atoms with Gasteiger partial charge in [-0.25, -0.2) is 0 Å². The molecule has 2 saturated carbocycles. The van der Waals surface area contributed by atoms with Gasteiger partial charge < -0.3 is 0 Å². The second-order valence-electron chi connectivity index (χ2n) is 4.28. The standard InChI is InChI=1S/C10H13Cl/c11-9-4-3-8-6-1-2-7(5-6)10(8)9/h1-2,6-10H,3-5H2. The molecule has 0 amide bonds. The van der Waals surface area contributed by atoms with Gasteiger partial charge in [-0.1, -0.05) is 12.2 Å². The Bertz CT molecular complexity index is 209. The van der Waals surface area contributed by atoms with Crippen LogP contribution in [-0.4, -0.2) is 5.38 Å². The summed E-state index contributed by atoms with van der Waals surface area (Å²) >= 11 is 6.27. The number of rotatable bonds is 0. The average Bonchev–Trinajstić information content (AvgIpc) is 2.60. The van der Waals surface area contributed by atoms with Crippen LogP contribution in [-0.2, 0) is 0 Å². The van der Waals surface area contributed by atoms with Crippen LogP contribution in [0, 0.1) is 23.7 Å². The molecule has 0 aromatic heterocycles. The molecule has 0 spiro atoms. The van der Waals surface area contributed by atoms with Crippen molar-refractivity contribution in [2.45, 2.75) is 24.6 Å². The van der Waals surface area contributed by atoms with Gasteiger partial charge in [-0.15, -0.1) is 11.6 Å². The van der Waals surface area contributed by atoms with E-state index in [0.717, 1.165) is 23.7 Å². The largest absolute Gasteiger partial charge is 0.123 e. The molecule has 5 atom stereocenters. The first-order valence-corrected chi connectivity index (χ1v) is 5.12. The van der Waals surface area contributed by atoms with Crippen LogP contribution in [0.1, 0.15) is 19.3 Å². The van der Waals surface area contributed by atoms with Crippen LogP contribution in [0.4, 0.5) is 0 Å². The number of alkyl halides is 1. The van der Waals surface area contributed by atoms with Crippen molar-refractivity contribution in [2.75, 3.05) is 0 Å². The lowest BCUT2D eigenvalue weighted by Gasteiger charge is -2.21. The number of hydrogen-bond donors (Lipinski definition) is 0. The molecule has 0 nitrogen and oxygen atoms in total. The van der Waals surface area contributed by atoms with E-state index in [0.29, 0.717) is 5.38 Å². The number of fused-ring (bicyclic) bond motifs is 5. The summed E-state index contributed by atoms with van der Waals surface area (Å²) in [5, 5.41) is 0.500. The van der Waals surface area contributed by atoms with E-state index >= 15 is 0 Å². The van der Waals surface area contributed by atoms with Gasteiger partial charge in [-0.2, -0.15) is 0 Å². The summed E-state index contributed by atoms with van der Waals surface area (Å²) in [7, 11) is 0. The molecule has 0 aromatic carbocycles. The summed E-state index contributed by atoms with van der Waals surface area (Å²) in [4.78, 5) is 0. The molecule has 1 heteroatoms. The van der Waals surface area contributed by atoms with Gasteiger partial charge in [0, 0.05) is 5.38 Å². The van der Waals surface area contributed by atoms with Crippen LogP contribution >= 0.6 is 11.6 Å². The highest BCUT2D eigenvalue weighted by molar-refractivity contribution is 6.21. The molecular formula is C10H13Cl. The minimum Gasteiger partial charge on any atom is -0.123 e. The average molecular weight is 169 g/mol. The quantitative estimate of drug-likeness (QED) is 0.386. The van der Waals surface area contributed by atoms with E-state index in [4.69, 9.17) is 11.6 Å². The molecule has 3 aliphatic rings. The topological polar surface area (TPSA) is 0 Å². The maximum absolute atomic E-state index is 6.27. The van der Waals surface area contributed by atoms with E-state index in [-0.39, 0.29) is 0 Å². The maximum Gasteiger partial charge on any atom is 0.0372 e. The first-order chi connectivity index (χ1) is 5.36. The highest BCUT2D eigenvalue weighted by Gasteiger charge is 2.50. The van der Waals surface area contributed by atoms with Crippen molar-refractivity contribution in [3.05, 3.63) is 12.2 Å². The van der Waals surface area contributed by atoms with Crippen molar-refractivity contribution in [3.8, 4) is 0 Å². The smallest absolute Gasteiger partial charge is 0.0372 e. The van der Waals surface area contributed by atoms with E-state index < -0.39 is 0 Å². The van der Waals surface area contributed by atoms with E-state index in [1.165, 1.54) is 19.3 Å². The molecule has 0 N–H and O–H groups in total. The third-order valence-corrected chi connectivity index (χ3v) is 4.39. The Balaban J connectivity index is 1.97. The second-order valence-corrected chi connectivity index (χ2v) is 4.84. The van der Waals surface area contributed by atoms with Crippen molar-refractivity contribution in [1.82, 2.24) is 0 Å². The van der Waals surface area contributed by atoms with E-state index in [1.807, 2.05) is 0 Å². The van der Waals surface area contributed by atoms with Crippen LogP contribution in [0.15, 0.2) is 12.2 Å². The van der Waals surface area contributed by atoms with E-state index in [9.17, 15) is 0 Å². The summed E-state index contributed by atoms with van der Waals surface area (Å²) in [6.45, 7) is 0. The Hall–Kier alpha value is 0.0300. The van der Waals surface area contributed by atoms with Crippen molar-refractivity contribution in [1.29, 1.82) is 0 Å². The van der Waals surface area contributed by atoms with Gasteiger partial charge in [-0.3, -0.25) is 0 Å². The molecule has 0 radical (unpaired) electrons. The van der Waals surface area contributed by atoms with Crippen LogP contribution in [0.25, 0.3) is 0 Å². The lowest BCUT2D eigenvalue weighted by molar-refractivity contribution is 0.367. The minimum absolute atomic E-state index is 0.500. The van der Waals surface area contributed by atoms with Gasteiger partial charge >= 0.3 is 0 Å². The fourth-order valence-corrected chi connectivity index (χ4v) is 3.95. The first-order valence-electron chi connectivity index (χ1n) is 4.68. The van der Waals surface area contributed by atoms with Crippen LogP contribution < -0.4 is 0 Å². The molecule has 0 aromatic rings. The first kappa shape index (κ1) is 6.54. The molecular weight excluding hydrogens is 156 g/mol. The zero-order valence-electron chi connectivity index (χ0n) is 6.54. The third-order valence-electron chi connectivity index (χ3n) is 3.88. The number of hydrogen-bond acceptors (Lipinski definition) is 0. The van der Waals surface area contributed by atoms with Gasteiger partial charge in [0.05, 0.1) is 0 Å². The minimum atomic E-state index is 0.500. The molecule has 3 rings (SSSR count). The number of allylic oxidation sites excluding steroid dienone is 2. The highest BCUT2D eigenvalue weighted by atomic mass is 35.5. The predicted molar refractivity (Wildman–Crippen MR) is 46.6 cm³/mol. The fourth-order valence-electron chi connectivity index (χ4n) is 3.45. The molecule has 5 unspecified atom stereocenters. The Morgan fingerprint density at radius 1 is 1.09 bits per heavy atom. The molecule has 2 bridgehead atoms. The fraction of sp³-hybridized carbons (Fsp3) is 0.800. The SMILES string of the molecule is ClC1CCC2C3C=CC(C3)C12. The van der Waals surface area contributed by atoms with E-state index in [1.54, 1.807) is 0 Å². The van der Waals surface area contributed by atoms with Gasteiger partial charge in [0.1, 0.15) is 0 Å². The number of halogens is 1. The van der Waals surface area contributed by atoms with Crippen molar-refractivity contribution < 1.29 is 0 Å². The molecule has 3 aliphatic carbocycles. The van der Waals surface area contributed by atoms with Crippen LogP contribution in [0.5, 0.6) is 0 Å². The predicted octanol–water partition coefficient (Wildman–Crippen LogP) is 2.83. The molecule has 0 heterocycles. The zero-order chi connectivity index (χ0) is 7.42. The molecule has 2 fully saturated rings. The lowest BCUT2D eigenvalue weighted by atomic mass is 9.86. The normalized spacial score (nSPS) is 58.8. The van der Waals surface area contributed by atoms with Crippen molar-refractivity contribution >= 4 is 11.6 Å². The monoisotopic (exact) mass is 168 g/mol. The van der Waals surface area contributed by atoms with Crippen LogP contribution in [0.2, 0.25) is 0 Å². The summed E-state index contributed by atoms with van der Waals surface area (Å²) in [5.74, 6) is 3.59. The highest BCUT2D eigenvalue weighted by Crippen LogP contribution is 2.56. The van der Waals surface area contributed by atoms with Crippen molar-refractivity contribution in [2.24, 2.45) is 23.7 Å². The van der Waals surface area contributed by atoms with Crippen LogP contribution in [0.3, 0.4) is 0 Å². The Morgan fingerprint density at radius 2 is 1.91 bits per heavy atom. The summed E-state index contributed by atoms with van der Waals surface area (Å²) in [6, 6.07) is 0. The zero-order valence-corrected chi connectivity index (χ0v) is 7.30. The Kier molecular flexibility index (Phi) is 1.21. The molecule has 0 saturated heterocycles. The summed E-state index contributed by atoms with van der Waals surface area (Å²) < 4.78 is 0. The molecule has 0 aliphatic heterocycles. The van der Waals surface area contributed by atoms with E-state index in [2.05, 4.69) is 12.2 Å². The van der Waals surface area contributed by atoms with Gasteiger partial charge in [0.2, 0.25) is 0 Å². The van der Waals surface area contributed by atoms with Crippen molar-refractivity contribution in [3.63, 3.8) is 0 Å². The Morgan fingerprint density at radius 3 is 2.73 bits per heavy atom. The second kappa shape index (κ2) is 2.04. The summed E-state index contributed by atoms with van der Waals surface area (Å²) in [5.41, 5.74) is 0. The molecule has 60 valence electrons. The van der Waals surface area contributed by atoms with Gasteiger partial charge in [-0.05, 0) is 42.9 Å². The third kappa shape index (κ3) is 0.717. The maximum atomic E-state index is 6.27. The lowest BCUT2D eigenvalue weighted by Crippen LogP contribution is -2.19.